The standard InChI is InChI=1S/C18H21N3O3/c1-11-7-13(8-12(2)16(11)24-4)10-21(3)18(23)15-6-5-14(9-20-15)17(19)22/h5-9H,10H2,1-4H3,(H2,19,22). The first-order valence-corrected chi connectivity index (χ1v) is 7.49. The van der Waals surface area contributed by atoms with Gasteiger partial charge in [-0.15, -0.1) is 0 Å². The second kappa shape index (κ2) is 7.12. The van der Waals surface area contributed by atoms with Crippen LogP contribution in [0.25, 0.3) is 0 Å². The van der Waals surface area contributed by atoms with E-state index in [-0.39, 0.29) is 17.2 Å². The van der Waals surface area contributed by atoms with Crippen LogP contribution in [0.1, 0.15) is 37.5 Å². The van der Waals surface area contributed by atoms with E-state index in [1.54, 1.807) is 19.1 Å². The highest BCUT2D eigenvalue weighted by atomic mass is 16.5. The van der Waals surface area contributed by atoms with Gasteiger partial charge in [-0.3, -0.25) is 14.6 Å². The van der Waals surface area contributed by atoms with Crippen molar-refractivity contribution in [1.82, 2.24) is 9.88 Å². The van der Waals surface area contributed by atoms with Gasteiger partial charge in [0.05, 0.1) is 12.7 Å². The van der Waals surface area contributed by atoms with Crippen LogP contribution >= 0.6 is 0 Å². The molecule has 0 spiro atoms. The quantitative estimate of drug-likeness (QED) is 0.911. The van der Waals surface area contributed by atoms with Crippen molar-refractivity contribution in [3.05, 3.63) is 58.4 Å². The van der Waals surface area contributed by atoms with Crippen molar-refractivity contribution in [2.75, 3.05) is 14.2 Å². The van der Waals surface area contributed by atoms with Crippen molar-refractivity contribution in [3.8, 4) is 5.75 Å². The molecule has 2 aromatic rings. The van der Waals surface area contributed by atoms with Crippen molar-refractivity contribution in [1.29, 1.82) is 0 Å². The number of hydrogen-bond acceptors (Lipinski definition) is 4. The van der Waals surface area contributed by atoms with E-state index in [4.69, 9.17) is 10.5 Å². The zero-order valence-corrected chi connectivity index (χ0v) is 14.3. The van der Waals surface area contributed by atoms with Crippen LogP contribution in [-0.4, -0.2) is 35.9 Å². The van der Waals surface area contributed by atoms with Gasteiger partial charge in [0.2, 0.25) is 5.91 Å². The van der Waals surface area contributed by atoms with Crippen LogP contribution in [0, 0.1) is 13.8 Å². The Balaban J connectivity index is 2.15. The van der Waals surface area contributed by atoms with Gasteiger partial charge in [-0.05, 0) is 42.7 Å². The summed E-state index contributed by atoms with van der Waals surface area (Å²) in [6.45, 7) is 4.40. The third-order valence-corrected chi connectivity index (χ3v) is 3.76. The first-order valence-electron chi connectivity index (χ1n) is 7.49. The molecule has 2 rings (SSSR count). The number of hydrogen-bond donors (Lipinski definition) is 1. The summed E-state index contributed by atoms with van der Waals surface area (Å²) in [7, 11) is 3.35. The molecule has 1 heterocycles. The Kier molecular flexibility index (Phi) is 5.18. The van der Waals surface area contributed by atoms with E-state index in [0.29, 0.717) is 6.54 Å². The Hall–Kier alpha value is -2.89. The number of benzene rings is 1. The summed E-state index contributed by atoms with van der Waals surface area (Å²) < 4.78 is 5.35. The number of pyridine rings is 1. The van der Waals surface area contributed by atoms with E-state index >= 15 is 0 Å². The van der Waals surface area contributed by atoms with Crippen molar-refractivity contribution in [2.45, 2.75) is 20.4 Å². The predicted octanol–water partition coefficient (Wildman–Crippen LogP) is 2.08. The summed E-state index contributed by atoms with van der Waals surface area (Å²) in [6.07, 6.45) is 1.31. The smallest absolute Gasteiger partial charge is 0.272 e. The van der Waals surface area contributed by atoms with Gasteiger partial charge in [-0.25, -0.2) is 0 Å². The molecule has 6 heteroatoms. The van der Waals surface area contributed by atoms with E-state index in [9.17, 15) is 9.59 Å². The molecule has 0 radical (unpaired) electrons. The van der Waals surface area contributed by atoms with Crippen LogP contribution in [0.15, 0.2) is 30.5 Å². The number of nitrogens with two attached hydrogens (primary N) is 1. The fraction of sp³-hybridized carbons (Fsp3) is 0.278. The first kappa shape index (κ1) is 17.5. The Morgan fingerprint density at radius 2 is 1.83 bits per heavy atom. The number of rotatable bonds is 5. The summed E-state index contributed by atoms with van der Waals surface area (Å²) in [6, 6.07) is 7.00. The minimum absolute atomic E-state index is 0.225. The first-order chi connectivity index (χ1) is 11.3. The number of carbonyl (C=O) groups is 2. The molecule has 2 amide bonds. The number of nitrogens with zero attached hydrogens (tertiary/aromatic N) is 2. The Morgan fingerprint density at radius 1 is 1.21 bits per heavy atom. The monoisotopic (exact) mass is 327 g/mol. The van der Waals surface area contributed by atoms with Gasteiger partial charge in [0, 0.05) is 19.8 Å². The molecule has 24 heavy (non-hydrogen) atoms. The molecule has 1 aromatic carbocycles. The third kappa shape index (κ3) is 3.71. The zero-order chi connectivity index (χ0) is 17.9. The van der Waals surface area contributed by atoms with E-state index in [1.165, 1.54) is 18.3 Å². The maximum absolute atomic E-state index is 12.4. The lowest BCUT2D eigenvalue weighted by Crippen LogP contribution is -2.27. The molecule has 0 unspecified atom stereocenters. The highest BCUT2D eigenvalue weighted by molar-refractivity contribution is 5.95. The van der Waals surface area contributed by atoms with Gasteiger partial charge in [-0.1, -0.05) is 12.1 Å². The third-order valence-electron chi connectivity index (χ3n) is 3.76. The maximum Gasteiger partial charge on any atom is 0.272 e. The molecule has 0 aliphatic rings. The number of primary amides is 1. The minimum atomic E-state index is -0.570. The molecule has 0 aliphatic heterocycles. The molecule has 126 valence electrons. The Labute approximate surface area is 141 Å². The lowest BCUT2D eigenvalue weighted by molar-refractivity contribution is 0.0778. The summed E-state index contributed by atoms with van der Waals surface area (Å²) in [5.41, 5.74) is 8.77. The van der Waals surface area contributed by atoms with Crippen molar-refractivity contribution >= 4 is 11.8 Å². The number of aromatic nitrogens is 1. The van der Waals surface area contributed by atoms with Gasteiger partial charge < -0.3 is 15.4 Å². The van der Waals surface area contributed by atoms with Gasteiger partial charge in [0.15, 0.2) is 0 Å². The molecule has 2 N–H and O–H groups in total. The second-order valence-corrected chi connectivity index (χ2v) is 5.72. The molecule has 0 aliphatic carbocycles. The predicted molar refractivity (Wildman–Crippen MR) is 91.0 cm³/mol. The Bertz CT molecular complexity index is 747. The molecular formula is C18H21N3O3. The number of amides is 2. The molecule has 0 fully saturated rings. The SMILES string of the molecule is COc1c(C)cc(CN(C)C(=O)c2ccc(C(N)=O)cn2)cc1C. The number of aryl methyl sites for hydroxylation is 2. The van der Waals surface area contributed by atoms with E-state index in [2.05, 4.69) is 4.98 Å². The summed E-state index contributed by atoms with van der Waals surface area (Å²) in [5.74, 6) is 0.0626. The molecule has 1 aromatic heterocycles. The number of carbonyl (C=O) groups excluding carboxylic acids is 2. The lowest BCUT2D eigenvalue weighted by Gasteiger charge is -2.18. The van der Waals surface area contributed by atoms with Crippen LogP contribution in [0.5, 0.6) is 5.75 Å². The molecule has 0 bridgehead atoms. The number of methoxy groups -OCH3 is 1. The number of ether oxygens (including phenoxy) is 1. The average molecular weight is 327 g/mol. The fourth-order valence-electron chi connectivity index (χ4n) is 2.66. The highest BCUT2D eigenvalue weighted by Crippen LogP contribution is 2.25. The Morgan fingerprint density at radius 3 is 2.29 bits per heavy atom. The second-order valence-electron chi connectivity index (χ2n) is 5.72. The van der Waals surface area contributed by atoms with Crippen LogP contribution in [0.2, 0.25) is 0 Å². The minimum Gasteiger partial charge on any atom is -0.496 e. The van der Waals surface area contributed by atoms with E-state index in [0.717, 1.165) is 22.4 Å². The van der Waals surface area contributed by atoms with E-state index < -0.39 is 5.91 Å². The van der Waals surface area contributed by atoms with Gasteiger partial charge in [0.1, 0.15) is 11.4 Å². The fourth-order valence-corrected chi connectivity index (χ4v) is 2.66. The topological polar surface area (TPSA) is 85.5 Å². The van der Waals surface area contributed by atoms with Crippen LogP contribution < -0.4 is 10.5 Å². The van der Waals surface area contributed by atoms with Gasteiger partial charge in [-0.2, -0.15) is 0 Å². The molecule has 0 saturated heterocycles. The van der Waals surface area contributed by atoms with Crippen LogP contribution in [0.4, 0.5) is 0 Å². The maximum atomic E-state index is 12.4. The van der Waals surface area contributed by atoms with Crippen molar-refractivity contribution in [2.24, 2.45) is 5.73 Å². The summed E-state index contributed by atoms with van der Waals surface area (Å²) in [5, 5.41) is 0. The van der Waals surface area contributed by atoms with Crippen LogP contribution in [0.3, 0.4) is 0 Å². The van der Waals surface area contributed by atoms with Crippen molar-refractivity contribution < 1.29 is 14.3 Å². The molecule has 0 atom stereocenters. The lowest BCUT2D eigenvalue weighted by atomic mass is 10.1. The highest BCUT2D eigenvalue weighted by Gasteiger charge is 2.15. The van der Waals surface area contributed by atoms with Gasteiger partial charge >= 0.3 is 0 Å². The van der Waals surface area contributed by atoms with E-state index in [1.807, 2.05) is 26.0 Å². The molecular weight excluding hydrogens is 306 g/mol. The largest absolute Gasteiger partial charge is 0.496 e. The molecule has 6 nitrogen and oxygen atoms in total. The zero-order valence-electron chi connectivity index (χ0n) is 14.3. The van der Waals surface area contributed by atoms with Crippen molar-refractivity contribution in [3.63, 3.8) is 0 Å². The average Bonchev–Trinajstić information content (AvgIpc) is 2.54. The van der Waals surface area contributed by atoms with Gasteiger partial charge in [0.25, 0.3) is 5.91 Å². The molecule has 0 saturated carbocycles. The van der Waals surface area contributed by atoms with Crippen LogP contribution in [-0.2, 0) is 6.54 Å². The summed E-state index contributed by atoms with van der Waals surface area (Å²) in [4.78, 5) is 29.1. The normalized spacial score (nSPS) is 10.3. The summed E-state index contributed by atoms with van der Waals surface area (Å²) >= 11 is 0.